The maximum absolute atomic E-state index is 12.2. The molecule has 0 heterocycles. The predicted molar refractivity (Wildman–Crippen MR) is 99.5 cm³/mol. The third-order valence-electron chi connectivity index (χ3n) is 4.74. The van der Waals surface area contributed by atoms with Crippen molar-refractivity contribution in [2.75, 3.05) is 25.0 Å². The fourth-order valence-electron chi connectivity index (χ4n) is 3.32. The standard InChI is InChI=1S/C21H26N2O/c1-23(20-9-3-2-4-10-20)14-13-22-21(24)16-17-11-12-18-7-5-6-8-19(18)15-17/h2-4,9-12,15H,5-8,13-14,16H2,1H3,(H,22,24). The van der Waals surface area contributed by atoms with Gasteiger partial charge in [0.2, 0.25) is 5.91 Å². The number of para-hydroxylation sites is 1. The van der Waals surface area contributed by atoms with Crippen molar-refractivity contribution >= 4 is 11.6 Å². The molecule has 1 aliphatic rings. The van der Waals surface area contributed by atoms with E-state index in [1.165, 1.54) is 36.1 Å². The normalized spacial score (nSPS) is 13.2. The summed E-state index contributed by atoms with van der Waals surface area (Å²) < 4.78 is 0. The predicted octanol–water partition coefficient (Wildman–Crippen LogP) is 3.36. The number of carbonyl (C=O) groups excluding carboxylic acids is 1. The van der Waals surface area contributed by atoms with Crippen molar-refractivity contribution in [3.05, 3.63) is 65.2 Å². The molecule has 0 atom stereocenters. The Morgan fingerprint density at radius 1 is 1.04 bits per heavy atom. The first kappa shape index (κ1) is 16.6. The molecule has 0 fully saturated rings. The molecule has 0 radical (unpaired) electrons. The highest BCUT2D eigenvalue weighted by Crippen LogP contribution is 2.22. The molecule has 2 aromatic carbocycles. The van der Waals surface area contributed by atoms with E-state index in [4.69, 9.17) is 0 Å². The number of likely N-dealkylation sites (N-methyl/N-ethyl adjacent to an activating group) is 1. The monoisotopic (exact) mass is 322 g/mol. The van der Waals surface area contributed by atoms with E-state index >= 15 is 0 Å². The van der Waals surface area contributed by atoms with E-state index < -0.39 is 0 Å². The Labute approximate surface area is 144 Å². The van der Waals surface area contributed by atoms with Gasteiger partial charge in [0.25, 0.3) is 0 Å². The van der Waals surface area contributed by atoms with Gasteiger partial charge in [-0.05, 0) is 54.5 Å². The molecule has 3 nitrogen and oxygen atoms in total. The number of nitrogens with zero attached hydrogens (tertiary/aromatic N) is 1. The van der Waals surface area contributed by atoms with Crippen LogP contribution in [-0.4, -0.2) is 26.0 Å². The number of aryl methyl sites for hydroxylation is 2. The number of nitrogens with one attached hydrogen (secondary N) is 1. The minimum Gasteiger partial charge on any atom is -0.373 e. The number of benzene rings is 2. The Balaban J connectivity index is 1.46. The van der Waals surface area contributed by atoms with E-state index in [-0.39, 0.29) is 5.91 Å². The van der Waals surface area contributed by atoms with Crippen LogP contribution in [0.2, 0.25) is 0 Å². The van der Waals surface area contributed by atoms with Crippen LogP contribution in [0.4, 0.5) is 5.69 Å². The Kier molecular flexibility index (Phi) is 5.52. The highest BCUT2D eigenvalue weighted by molar-refractivity contribution is 5.78. The topological polar surface area (TPSA) is 32.3 Å². The molecule has 0 aliphatic heterocycles. The maximum Gasteiger partial charge on any atom is 0.224 e. The smallest absolute Gasteiger partial charge is 0.224 e. The highest BCUT2D eigenvalue weighted by atomic mass is 16.1. The van der Waals surface area contributed by atoms with E-state index in [1.54, 1.807) is 0 Å². The molecule has 24 heavy (non-hydrogen) atoms. The van der Waals surface area contributed by atoms with Crippen LogP contribution >= 0.6 is 0 Å². The van der Waals surface area contributed by atoms with Crippen LogP contribution < -0.4 is 10.2 Å². The second kappa shape index (κ2) is 8.00. The highest BCUT2D eigenvalue weighted by Gasteiger charge is 2.11. The van der Waals surface area contributed by atoms with Crippen molar-refractivity contribution < 1.29 is 4.79 Å². The van der Waals surface area contributed by atoms with E-state index in [0.29, 0.717) is 13.0 Å². The molecule has 3 rings (SSSR count). The molecular formula is C21H26N2O. The van der Waals surface area contributed by atoms with E-state index in [9.17, 15) is 4.79 Å². The zero-order chi connectivity index (χ0) is 16.8. The fourth-order valence-corrected chi connectivity index (χ4v) is 3.32. The van der Waals surface area contributed by atoms with E-state index in [0.717, 1.165) is 18.5 Å². The van der Waals surface area contributed by atoms with Gasteiger partial charge in [-0.2, -0.15) is 0 Å². The summed E-state index contributed by atoms with van der Waals surface area (Å²) in [6.45, 7) is 1.47. The SMILES string of the molecule is CN(CCNC(=O)Cc1ccc2c(c1)CCCC2)c1ccccc1. The van der Waals surface area contributed by atoms with Gasteiger partial charge in [0.15, 0.2) is 0 Å². The first-order valence-electron chi connectivity index (χ1n) is 8.86. The summed E-state index contributed by atoms with van der Waals surface area (Å²) >= 11 is 0. The summed E-state index contributed by atoms with van der Waals surface area (Å²) in [4.78, 5) is 14.3. The molecule has 0 unspecified atom stereocenters. The number of anilines is 1. The summed E-state index contributed by atoms with van der Waals surface area (Å²) in [5.41, 5.74) is 5.20. The molecule has 3 heteroatoms. The minimum atomic E-state index is 0.104. The summed E-state index contributed by atoms with van der Waals surface area (Å²) in [6, 6.07) is 16.8. The molecule has 0 bridgehead atoms. The number of hydrogen-bond donors (Lipinski definition) is 1. The van der Waals surface area contributed by atoms with Gasteiger partial charge >= 0.3 is 0 Å². The minimum absolute atomic E-state index is 0.104. The molecule has 126 valence electrons. The van der Waals surface area contributed by atoms with Crippen LogP contribution in [0.15, 0.2) is 48.5 Å². The molecule has 1 aliphatic carbocycles. The van der Waals surface area contributed by atoms with Crippen LogP contribution in [0.3, 0.4) is 0 Å². The fraction of sp³-hybridized carbons (Fsp3) is 0.381. The summed E-state index contributed by atoms with van der Waals surface area (Å²) in [7, 11) is 2.05. The summed E-state index contributed by atoms with van der Waals surface area (Å²) in [5, 5.41) is 3.03. The average Bonchev–Trinajstić information content (AvgIpc) is 2.62. The number of fused-ring (bicyclic) bond motifs is 1. The molecule has 0 spiro atoms. The molecule has 1 amide bonds. The largest absolute Gasteiger partial charge is 0.373 e. The van der Waals surface area contributed by atoms with Gasteiger partial charge in [0, 0.05) is 25.8 Å². The second-order valence-electron chi connectivity index (χ2n) is 6.59. The number of carbonyl (C=O) groups is 1. The van der Waals surface area contributed by atoms with E-state index in [1.807, 2.05) is 25.2 Å². The van der Waals surface area contributed by atoms with Gasteiger partial charge < -0.3 is 10.2 Å². The number of hydrogen-bond acceptors (Lipinski definition) is 2. The van der Waals surface area contributed by atoms with Crippen molar-refractivity contribution in [2.45, 2.75) is 32.1 Å². The van der Waals surface area contributed by atoms with Gasteiger partial charge in [-0.3, -0.25) is 4.79 Å². The summed E-state index contributed by atoms with van der Waals surface area (Å²) in [6.07, 6.45) is 5.39. The zero-order valence-electron chi connectivity index (χ0n) is 14.4. The van der Waals surface area contributed by atoms with Crippen molar-refractivity contribution in [2.24, 2.45) is 0 Å². The van der Waals surface area contributed by atoms with Crippen LogP contribution in [0.5, 0.6) is 0 Å². The third kappa shape index (κ3) is 4.38. The van der Waals surface area contributed by atoms with Gasteiger partial charge in [-0.1, -0.05) is 36.4 Å². The van der Waals surface area contributed by atoms with Crippen molar-refractivity contribution in [1.82, 2.24) is 5.32 Å². The molecule has 2 aromatic rings. The molecular weight excluding hydrogens is 296 g/mol. The van der Waals surface area contributed by atoms with Gasteiger partial charge in [-0.25, -0.2) is 0 Å². The first-order valence-corrected chi connectivity index (χ1v) is 8.86. The van der Waals surface area contributed by atoms with Crippen molar-refractivity contribution in [3.8, 4) is 0 Å². The Morgan fingerprint density at radius 3 is 2.58 bits per heavy atom. The molecule has 0 aromatic heterocycles. The Morgan fingerprint density at radius 2 is 1.79 bits per heavy atom. The zero-order valence-corrected chi connectivity index (χ0v) is 14.4. The van der Waals surface area contributed by atoms with Gasteiger partial charge in [0.05, 0.1) is 6.42 Å². The average molecular weight is 322 g/mol. The lowest BCUT2D eigenvalue weighted by molar-refractivity contribution is -0.120. The number of rotatable bonds is 6. The van der Waals surface area contributed by atoms with Gasteiger partial charge in [0.1, 0.15) is 0 Å². The summed E-state index contributed by atoms with van der Waals surface area (Å²) in [5.74, 6) is 0.104. The number of amides is 1. The maximum atomic E-state index is 12.2. The van der Waals surface area contributed by atoms with E-state index in [2.05, 4.69) is 40.5 Å². The lowest BCUT2D eigenvalue weighted by Gasteiger charge is -2.19. The molecule has 1 N–H and O–H groups in total. The van der Waals surface area contributed by atoms with Crippen LogP contribution in [0.1, 0.15) is 29.5 Å². The lowest BCUT2D eigenvalue weighted by Crippen LogP contribution is -2.33. The molecule has 0 saturated heterocycles. The Hall–Kier alpha value is -2.29. The third-order valence-corrected chi connectivity index (χ3v) is 4.74. The van der Waals surface area contributed by atoms with Gasteiger partial charge in [-0.15, -0.1) is 0 Å². The lowest BCUT2D eigenvalue weighted by atomic mass is 9.90. The van der Waals surface area contributed by atoms with Crippen molar-refractivity contribution in [1.29, 1.82) is 0 Å². The van der Waals surface area contributed by atoms with Crippen LogP contribution in [0, 0.1) is 0 Å². The molecule has 0 saturated carbocycles. The first-order chi connectivity index (χ1) is 11.7. The van der Waals surface area contributed by atoms with Crippen LogP contribution in [-0.2, 0) is 24.1 Å². The second-order valence-corrected chi connectivity index (χ2v) is 6.59. The quantitative estimate of drug-likeness (QED) is 0.884. The van der Waals surface area contributed by atoms with Crippen LogP contribution in [0.25, 0.3) is 0 Å². The Bertz CT molecular complexity index is 681. The van der Waals surface area contributed by atoms with Crippen molar-refractivity contribution in [3.63, 3.8) is 0 Å².